The van der Waals surface area contributed by atoms with Crippen molar-refractivity contribution in [1.82, 2.24) is 15.0 Å². The molecule has 1 N–H and O–H groups in total. The normalized spacial score (nSPS) is 25.4. The highest BCUT2D eigenvalue weighted by Gasteiger charge is 2.39. The minimum absolute atomic E-state index is 0.0117. The van der Waals surface area contributed by atoms with Crippen LogP contribution in [0.15, 0.2) is 23.2 Å². The maximum atomic E-state index is 6.18. The van der Waals surface area contributed by atoms with Crippen LogP contribution in [0.2, 0.25) is 0 Å². The SMILES string of the molecule is COC1N=C(c2ccc3nc(CCl)n([C@@H]4COCC4(C)C)c3c2)NO1. The van der Waals surface area contributed by atoms with Crippen molar-refractivity contribution >= 4 is 28.5 Å². The van der Waals surface area contributed by atoms with E-state index in [0.29, 0.717) is 18.3 Å². The van der Waals surface area contributed by atoms with Crippen molar-refractivity contribution in [2.75, 3.05) is 20.3 Å². The molecule has 4 rings (SSSR count). The number of fused-ring (bicyclic) bond motifs is 1. The van der Waals surface area contributed by atoms with E-state index in [9.17, 15) is 0 Å². The number of benzene rings is 1. The highest BCUT2D eigenvalue weighted by Crippen LogP contribution is 2.40. The molecule has 0 aliphatic carbocycles. The molecule has 1 aromatic carbocycles. The van der Waals surface area contributed by atoms with Crippen LogP contribution in [0.3, 0.4) is 0 Å². The Morgan fingerprint density at radius 2 is 2.28 bits per heavy atom. The lowest BCUT2D eigenvalue weighted by Gasteiger charge is -2.27. The Kier molecular flexibility index (Phi) is 4.19. The summed E-state index contributed by atoms with van der Waals surface area (Å²) in [4.78, 5) is 14.3. The highest BCUT2D eigenvalue weighted by atomic mass is 35.5. The first kappa shape index (κ1) is 16.8. The molecule has 1 unspecified atom stereocenters. The Bertz CT molecular complexity index is 833. The summed E-state index contributed by atoms with van der Waals surface area (Å²) in [5.74, 6) is 1.84. The smallest absolute Gasteiger partial charge is 0.282 e. The third-order valence-corrected chi connectivity index (χ3v) is 5.05. The average Bonchev–Trinajstić information content (AvgIpc) is 3.29. The zero-order valence-electron chi connectivity index (χ0n) is 14.5. The standard InChI is InChI=1S/C17H21ClN4O3/c1-17(2)9-24-8-13(17)22-12-6-10(15-20-16(23-3)25-21-15)4-5-11(12)19-14(22)7-18/h4-6,13,16H,7-9H2,1-3H3,(H,20,21)/t13-,16?/m1/s1. The maximum Gasteiger partial charge on any atom is 0.282 e. The highest BCUT2D eigenvalue weighted by molar-refractivity contribution is 6.17. The molecule has 25 heavy (non-hydrogen) atoms. The van der Waals surface area contributed by atoms with Gasteiger partial charge in [0.25, 0.3) is 6.41 Å². The molecule has 0 radical (unpaired) electrons. The van der Waals surface area contributed by atoms with Crippen LogP contribution in [-0.4, -0.2) is 42.1 Å². The number of methoxy groups -OCH3 is 1. The fraction of sp³-hybridized carbons (Fsp3) is 0.529. The Hall–Kier alpha value is -1.67. The summed E-state index contributed by atoms with van der Waals surface area (Å²) in [6.45, 7) is 5.78. The fourth-order valence-corrected chi connectivity index (χ4v) is 3.60. The second-order valence-corrected chi connectivity index (χ2v) is 7.26. The molecule has 3 heterocycles. The van der Waals surface area contributed by atoms with Crippen molar-refractivity contribution in [3.05, 3.63) is 29.6 Å². The number of imidazole rings is 1. The van der Waals surface area contributed by atoms with Gasteiger partial charge in [0, 0.05) is 18.1 Å². The van der Waals surface area contributed by atoms with Gasteiger partial charge >= 0.3 is 0 Å². The van der Waals surface area contributed by atoms with Crippen molar-refractivity contribution < 1.29 is 14.3 Å². The summed E-state index contributed by atoms with van der Waals surface area (Å²) in [5, 5.41) is 0. The first-order valence-corrected chi connectivity index (χ1v) is 8.74. The zero-order valence-corrected chi connectivity index (χ0v) is 15.2. The molecule has 0 saturated carbocycles. The van der Waals surface area contributed by atoms with E-state index in [1.54, 1.807) is 7.11 Å². The predicted octanol–water partition coefficient (Wildman–Crippen LogP) is 2.58. The van der Waals surface area contributed by atoms with Crippen LogP contribution >= 0.6 is 11.6 Å². The Morgan fingerprint density at radius 3 is 2.92 bits per heavy atom. The molecule has 0 bridgehead atoms. The molecule has 1 saturated heterocycles. The van der Waals surface area contributed by atoms with E-state index >= 15 is 0 Å². The van der Waals surface area contributed by atoms with E-state index in [1.165, 1.54) is 0 Å². The molecule has 2 aliphatic rings. The van der Waals surface area contributed by atoms with Crippen LogP contribution in [0.5, 0.6) is 0 Å². The first-order valence-electron chi connectivity index (χ1n) is 8.20. The van der Waals surface area contributed by atoms with E-state index in [2.05, 4.69) is 35.0 Å². The zero-order chi connectivity index (χ0) is 17.6. The Morgan fingerprint density at radius 1 is 1.44 bits per heavy atom. The number of hydroxylamine groups is 1. The Labute approximate surface area is 150 Å². The van der Waals surface area contributed by atoms with Gasteiger partial charge in [-0.3, -0.25) is 0 Å². The van der Waals surface area contributed by atoms with Gasteiger partial charge < -0.3 is 14.0 Å². The van der Waals surface area contributed by atoms with Crippen molar-refractivity contribution in [1.29, 1.82) is 0 Å². The van der Waals surface area contributed by atoms with Crippen LogP contribution in [0.25, 0.3) is 11.0 Å². The quantitative estimate of drug-likeness (QED) is 0.844. The van der Waals surface area contributed by atoms with Gasteiger partial charge in [-0.1, -0.05) is 13.8 Å². The van der Waals surface area contributed by atoms with E-state index in [4.69, 9.17) is 30.9 Å². The molecule has 2 aliphatic heterocycles. The van der Waals surface area contributed by atoms with Crippen LogP contribution in [0.4, 0.5) is 0 Å². The van der Waals surface area contributed by atoms with E-state index in [0.717, 1.165) is 29.0 Å². The molecule has 1 aromatic heterocycles. The summed E-state index contributed by atoms with van der Waals surface area (Å²) < 4.78 is 13.0. The van der Waals surface area contributed by atoms with Gasteiger partial charge in [-0.25, -0.2) is 20.3 Å². The van der Waals surface area contributed by atoms with Crippen molar-refractivity contribution in [3.63, 3.8) is 0 Å². The third-order valence-electron chi connectivity index (χ3n) is 4.81. The average molecular weight is 365 g/mol. The molecular formula is C17H21ClN4O3. The van der Waals surface area contributed by atoms with E-state index in [1.807, 2.05) is 12.1 Å². The molecule has 7 nitrogen and oxygen atoms in total. The summed E-state index contributed by atoms with van der Waals surface area (Å²) in [6, 6.07) is 6.17. The van der Waals surface area contributed by atoms with Crippen LogP contribution in [0.1, 0.15) is 31.3 Å². The summed E-state index contributed by atoms with van der Waals surface area (Å²) in [6.07, 6.45) is -0.629. The second kappa shape index (κ2) is 6.25. The molecule has 1 fully saturated rings. The van der Waals surface area contributed by atoms with Crippen LogP contribution in [-0.2, 0) is 20.2 Å². The van der Waals surface area contributed by atoms with Crippen molar-refractivity contribution in [3.8, 4) is 0 Å². The second-order valence-electron chi connectivity index (χ2n) is 7.00. The van der Waals surface area contributed by atoms with Gasteiger partial charge in [-0.15, -0.1) is 11.6 Å². The number of aromatic nitrogens is 2. The van der Waals surface area contributed by atoms with Gasteiger partial charge in [-0.05, 0) is 18.2 Å². The lowest BCUT2D eigenvalue weighted by Crippen LogP contribution is -2.26. The van der Waals surface area contributed by atoms with Crippen molar-refractivity contribution in [2.45, 2.75) is 32.2 Å². The van der Waals surface area contributed by atoms with Gasteiger partial charge in [0.05, 0.1) is 36.2 Å². The number of hydrogen-bond acceptors (Lipinski definition) is 6. The first-order chi connectivity index (χ1) is 12.0. The van der Waals surface area contributed by atoms with Crippen LogP contribution < -0.4 is 5.48 Å². The Balaban J connectivity index is 1.83. The van der Waals surface area contributed by atoms with E-state index in [-0.39, 0.29) is 11.5 Å². The monoisotopic (exact) mass is 364 g/mol. The molecule has 2 atom stereocenters. The predicted molar refractivity (Wildman–Crippen MR) is 94.5 cm³/mol. The third kappa shape index (κ3) is 2.81. The largest absolute Gasteiger partial charge is 0.379 e. The molecule has 0 spiro atoms. The molecule has 0 amide bonds. The van der Waals surface area contributed by atoms with Gasteiger partial charge in [0.15, 0.2) is 5.84 Å². The van der Waals surface area contributed by atoms with E-state index < -0.39 is 6.41 Å². The molecule has 8 heteroatoms. The number of nitrogens with zero attached hydrogens (tertiary/aromatic N) is 3. The minimum atomic E-state index is -0.629. The fourth-order valence-electron chi connectivity index (χ4n) is 3.41. The maximum absolute atomic E-state index is 6.18. The van der Waals surface area contributed by atoms with Gasteiger partial charge in [0.2, 0.25) is 0 Å². The number of ether oxygens (including phenoxy) is 2. The molecule has 134 valence electrons. The topological polar surface area (TPSA) is 69.9 Å². The number of hydrogen-bond donors (Lipinski definition) is 1. The van der Waals surface area contributed by atoms with Gasteiger partial charge in [-0.2, -0.15) is 0 Å². The number of rotatable bonds is 4. The van der Waals surface area contributed by atoms with Crippen LogP contribution in [0, 0.1) is 5.41 Å². The molecular weight excluding hydrogens is 344 g/mol. The van der Waals surface area contributed by atoms with Crippen molar-refractivity contribution in [2.24, 2.45) is 10.4 Å². The number of amidine groups is 1. The number of nitrogens with one attached hydrogen (secondary N) is 1. The number of halogens is 1. The molecule has 2 aromatic rings. The van der Waals surface area contributed by atoms with Gasteiger partial charge in [0.1, 0.15) is 5.82 Å². The number of aliphatic imine (C=N–C) groups is 1. The summed E-state index contributed by atoms with van der Waals surface area (Å²) >= 11 is 6.18. The lowest BCUT2D eigenvalue weighted by molar-refractivity contribution is -0.125. The number of alkyl halides is 1. The summed E-state index contributed by atoms with van der Waals surface area (Å²) in [5.41, 5.74) is 5.65. The minimum Gasteiger partial charge on any atom is -0.379 e. The lowest BCUT2D eigenvalue weighted by atomic mass is 9.87. The summed E-state index contributed by atoms with van der Waals surface area (Å²) in [7, 11) is 1.55.